The van der Waals surface area contributed by atoms with E-state index in [2.05, 4.69) is 25.9 Å². The minimum absolute atomic E-state index is 0.0528. The van der Waals surface area contributed by atoms with Gasteiger partial charge in [-0.15, -0.1) is 5.10 Å². The Morgan fingerprint density at radius 2 is 1.67 bits per heavy atom. The highest BCUT2D eigenvalue weighted by molar-refractivity contribution is 5.96. The first-order valence-corrected chi connectivity index (χ1v) is 20.3. The molecular weight excluding hydrogens is 704 g/mol. The average molecular weight is 769 g/mol. The molecule has 1 aromatic rings. The fourth-order valence-electron chi connectivity index (χ4n) is 8.25. The molecule has 4 amide bonds. The van der Waals surface area contributed by atoms with Gasteiger partial charge in [-0.05, 0) is 75.5 Å². The molecule has 2 fully saturated rings. The van der Waals surface area contributed by atoms with Crippen molar-refractivity contribution in [2.24, 2.45) is 45.4 Å². The molecule has 4 rings (SSSR count). The van der Waals surface area contributed by atoms with E-state index in [0.29, 0.717) is 57.3 Å². The van der Waals surface area contributed by atoms with Crippen molar-refractivity contribution in [1.82, 2.24) is 30.5 Å². The predicted octanol–water partition coefficient (Wildman–Crippen LogP) is 2.06. The number of hydrogen-bond donors (Lipinski definition) is 5. The van der Waals surface area contributed by atoms with Crippen molar-refractivity contribution in [1.29, 1.82) is 0 Å². The topological polar surface area (TPSA) is 251 Å². The molecule has 3 heterocycles. The van der Waals surface area contributed by atoms with Crippen LogP contribution in [0.5, 0.6) is 0 Å². The molecule has 8 N–H and O–H groups in total. The van der Waals surface area contributed by atoms with E-state index in [0.717, 1.165) is 44.9 Å². The Labute approximate surface area is 324 Å². The third-order valence-corrected chi connectivity index (χ3v) is 11.5. The third-order valence-electron chi connectivity index (χ3n) is 11.5. The van der Waals surface area contributed by atoms with Crippen LogP contribution in [0.4, 0.5) is 0 Å². The third kappa shape index (κ3) is 13.1. The number of nitrogens with zero attached hydrogens (tertiary/aromatic N) is 5. The summed E-state index contributed by atoms with van der Waals surface area (Å²) in [6.07, 6.45) is 11.0. The molecule has 55 heavy (non-hydrogen) atoms. The monoisotopic (exact) mass is 769 g/mol. The second-order valence-corrected chi connectivity index (χ2v) is 16.8. The highest BCUT2D eigenvalue weighted by Gasteiger charge is 2.40. The standard InChI is InChI=1S/C39H64N10O6/c1-39(2,3)28(35(40)53)23-31(50)29(14-10-19-43-38(41)42)44-36(54)26-17-18-27-24-48(47-46-27)20-9-5-8-16-33(52)49-21-11-15-30(49)37(55)45-34(32(51)22-26)25-12-6-4-7-13-25/h24-26,28-30,34H,4-23H2,1-3H3,(H2,40,53)(H,44,54)(H,45,55)(H4,41,42,43)/t26-,28-,29+,30+,34+/m1/s1. The molecule has 2 bridgehead atoms. The van der Waals surface area contributed by atoms with Crippen LogP contribution in [0.25, 0.3) is 0 Å². The van der Waals surface area contributed by atoms with Crippen molar-refractivity contribution in [2.75, 3.05) is 13.1 Å². The second-order valence-electron chi connectivity index (χ2n) is 16.8. The number of rotatable bonds is 11. The van der Waals surface area contributed by atoms with Crippen LogP contribution in [-0.2, 0) is 41.7 Å². The SMILES string of the molecule is CC(C)(C)[C@H](CC(=O)[C@H](CCCN=C(N)N)NC(=O)[C@@H]1CCc2cn(nn2)CCCCCC(=O)N2CCC[C@H]2C(=O)N[C@@H](C2CCCCC2)C(=O)C1)C(N)=O. The Balaban J connectivity index is 1.63. The zero-order valence-corrected chi connectivity index (χ0v) is 33.1. The van der Waals surface area contributed by atoms with E-state index in [1.165, 1.54) is 0 Å². The van der Waals surface area contributed by atoms with Gasteiger partial charge in [0.05, 0.1) is 17.8 Å². The molecule has 1 saturated heterocycles. The van der Waals surface area contributed by atoms with Gasteiger partial charge in [0, 0.05) is 56.9 Å². The molecule has 1 aromatic heterocycles. The zero-order valence-electron chi connectivity index (χ0n) is 33.1. The van der Waals surface area contributed by atoms with Crippen LogP contribution in [0.2, 0.25) is 0 Å². The fraction of sp³-hybridized carbons (Fsp3) is 0.769. The molecule has 1 aliphatic carbocycles. The van der Waals surface area contributed by atoms with Crippen LogP contribution in [0.1, 0.15) is 129 Å². The number of guanidine groups is 1. The van der Waals surface area contributed by atoms with Crippen molar-refractivity contribution < 1.29 is 28.8 Å². The van der Waals surface area contributed by atoms with Crippen molar-refractivity contribution in [3.63, 3.8) is 0 Å². The molecule has 16 heteroatoms. The number of Topliss-reactive ketones (excluding diaryl/α,β-unsaturated/α-hetero) is 2. The summed E-state index contributed by atoms with van der Waals surface area (Å²) in [5.41, 5.74) is 16.8. The van der Waals surface area contributed by atoms with E-state index >= 15 is 0 Å². The largest absolute Gasteiger partial charge is 0.370 e. The summed E-state index contributed by atoms with van der Waals surface area (Å²) in [6.45, 7) is 6.84. The smallest absolute Gasteiger partial charge is 0.243 e. The van der Waals surface area contributed by atoms with Gasteiger partial charge in [-0.25, -0.2) is 0 Å². The molecule has 16 nitrogen and oxygen atoms in total. The highest BCUT2D eigenvalue weighted by Crippen LogP contribution is 2.31. The van der Waals surface area contributed by atoms with Gasteiger partial charge >= 0.3 is 0 Å². The lowest BCUT2D eigenvalue weighted by molar-refractivity contribution is -0.140. The summed E-state index contributed by atoms with van der Waals surface area (Å²) in [5, 5.41) is 14.6. The molecule has 2 aliphatic heterocycles. The first-order valence-electron chi connectivity index (χ1n) is 20.3. The molecule has 5 atom stereocenters. The lowest BCUT2D eigenvalue weighted by Gasteiger charge is -2.33. The van der Waals surface area contributed by atoms with E-state index in [4.69, 9.17) is 17.2 Å². The summed E-state index contributed by atoms with van der Waals surface area (Å²) in [6, 6.07) is -2.44. The number of carbonyl (C=O) groups is 6. The average Bonchev–Trinajstić information content (AvgIpc) is 3.81. The number of amides is 4. The maximum Gasteiger partial charge on any atom is 0.243 e. The van der Waals surface area contributed by atoms with E-state index in [-0.39, 0.29) is 67.5 Å². The lowest BCUT2D eigenvalue weighted by atomic mass is 9.76. The minimum Gasteiger partial charge on any atom is -0.370 e. The number of fused-ring (bicyclic) bond motifs is 3. The highest BCUT2D eigenvalue weighted by atomic mass is 16.2. The molecule has 1 saturated carbocycles. The second kappa shape index (κ2) is 20.5. The van der Waals surface area contributed by atoms with E-state index in [1.807, 2.05) is 27.0 Å². The normalized spacial score (nSPS) is 23.7. The molecule has 0 radical (unpaired) electrons. The van der Waals surface area contributed by atoms with E-state index < -0.39 is 47.2 Å². The molecule has 0 spiro atoms. The van der Waals surface area contributed by atoms with Gasteiger partial charge in [0.25, 0.3) is 0 Å². The number of nitrogens with two attached hydrogens (primary N) is 3. The van der Waals surface area contributed by atoms with Crippen LogP contribution in [0, 0.1) is 23.2 Å². The number of hydrogen-bond acceptors (Lipinski definition) is 9. The van der Waals surface area contributed by atoms with Crippen LogP contribution >= 0.6 is 0 Å². The Morgan fingerprint density at radius 3 is 2.36 bits per heavy atom. The van der Waals surface area contributed by atoms with Crippen molar-refractivity contribution in [2.45, 2.75) is 155 Å². The van der Waals surface area contributed by atoms with Crippen molar-refractivity contribution >= 4 is 41.2 Å². The van der Waals surface area contributed by atoms with Gasteiger partial charge in [-0.3, -0.25) is 38.4 Å². The molecule has 3 aliphatic rings. The lowest BCUT2D eigenvalue weighted by Crippen LogP contribution is -2.54. The Bertz CT molecular complexity index is 1530. The van der Waals surface area contributed by atoms with Crippen molar-refractivity contribution in [3.8, 4) is 0 Å². The number of aliphatic imine (C=N–C) groups is 1. The quantitative estimate of drug-likeness (QED) is 0.125. The Morgan fingerprint density at radius 1 is 0.945 bits per heavy atom. The zero-order chi connectivity index (χ0) is 40.1. The van der Waals surface area contributed by atoms with Gasteiger partial charge in [-0.1, -0.05) is 51.7 Å². The van der Waals surface area contributed by atoms with Gasteiger partial charge in [0.2, 0.25) is 23.6 Å². The summed E-state index contributed by atoms with van der Waals surface area (Å²) < 4.78 is 1.75. The van der Waals surface area contributed by atoms with Crippen LogP contribution < -0.4 is 27.8 Å². The maximum atomic E-state index is 14.5. The number of aromatic nitrogens is 3. The number of ketones is 2. The number of nitrogens with one attached hydrogen (secondary N) is 2. The van der Waals surface area contributed by atoms with Gasteiger partial charge in [0.1, 0.15) is 6.04 Å². The fourth-order valence-corrected chi connectivity index (χ4v) is 8.25. The van der Waals surface area contributed by atoms with Crippen LogP contribution in [-0.4, -0.2) is 92.3 Å². The van der Waals surface area contributed by atoms with Crippen LogP contribution in [0.15, 0.2) is 11.2 Å². The summed E-state index contributed by atoms with van der Waals surface area (Å²) in [5.74, 6) is -3.90. The van der Waals surface area contributed by atoms with Gasteiger partial charge in [-0.2, -0.15) is 0 Å². The van der Waals surface area contributed by atoms with E-state index in [9.17, 15) is 28.8 Å². The van der Waals surface area contributed by atoms with Gasteiger partial charge in [0.15, 0.2) is 17.5 Å². The van der Waals surface area contributed by atoms with Gasteiger partial charge < -0.3 is 32.7 Å². The first-order chi connectivity index (χ1) is 26.1. The van der Waals surface area contributed by atoms with Crippen molar-refractivity contribution in [3.05, 3.63) is 11.9 Å². The summed E-state index contributed by atoms with van der Waals surface area (Å²) in [4.78, 5) is 87.9. The minimum atomic E-state index is -0.987. The molecule has 0 unspecified atom stereocenters. The summed E-state index contributed by atoms with van der Waals surface area (Å²) in [7, 11) is 0. The van der Waals surface area contributed by atoms with Crippen LogP contribution in [0.3, 0.4) is 0 Å². The Hall–Kier alpha value is -4.37. The number of aryl methyl sites for hydroxylation is 2. The molecule has 0 aromatic carbocycles. The predicted molar refractivity (Wildman–Crippen MR) is 207 cm³/mol. The molecule has 306 valence electrons. The first kappa shape index (κ1) is 43.4. The number of carbonyl (C=O) groups excluding carboxylic acids is 6. The number of primary amides is 1. The molecular formula is C39H64N10O6. The van der Waals surface area contributed by atoms with E-state index in [1.54, 1.807) is 9.58 Å². The summed E-state index contributed by atoms with van der Waals surface area (Å²) >= 11 is 0. The maximum absolute atomic E-state index is 14.5. The Kier molecular flexibility index (Phi) is 16.2.